The first-order valence-corrected chi connectivity index (χ1v) is 7.36. The van der Waals surface area contributed by atoms with Crippen LogP contribution in [0.3, 0.4) is 0 Å². The van der Waals surface area contributed by atoms with Crippen molar-refractivity contribution in [2.75, 3.05) is 26.8 Å². The van der Waals surface area contributed by atoms with Crippen molar-refractivity contribution in [3.8, 4) is 5.75 Å². The Morgan fingerprint density at radius 2 is 2.18 bits per heavy atom. The Morgan fingerprint density at radius 1 is 1.45 bits per heavy atom. The highest BCUT2D eigenvalue weighted by atomic mass is 19.3. The van der Waals surface area contributed by atoms with Gasteiger partial charge < -0.3 is 14.7 Å². The van der Waals surface area contributed by atoms with Gasteiger partial charge in [-0.15, -0.1) is 0 Å². The molecule has 1 heterocycles. The van der Waals surface area contributed by atoms with Crippen LogP contribution in [0.4, 0.5) is 8.78 Å². The van der Waals surface area contributed by atoms with Gasteiger partial charge in [0.2, 0.25) is 5.91 Å². The number of methoxy groups -OCH3 is 1. The van der Waals surface area contributed by atoms with E-state index in [1.165, 1.54) is 4.90 Å². The third-order valence-corrected chi connectivity index (χ3v) is 4.13. The number of nitrogens with zero attached hydrogens (tertiary/aromatic N) is 1. The molecule has 1 amide bonds. The normalized spacial score (nSPS) is 20.7. The second kappa shape index (κ2) is 7.05. The number of para-hydroxylation sites is 1. The minimum absolute atomic E-state index is 0.0360. The average Bonchev–Trinajstić information content (AvgIpc) is 2.52. The van der Waals surface area contributed by atoms with Gasteiger partial charge in [-0.3, -0.25) is 4.79 Å². The van der Waals surface area contributed by atoms with Gasteiger partial charge in [0.1, 0.15) is 5.75 Å². The van der Waals surface area contributed by atoms with Gasteiger partial charge in [0, 0.05) is 25.9 Å². The molecule has 4 nitrogen and oxygen atoms in total. The Bertz CT molecular complexity index is 522. The molecule has 1 aromatic rings. The van der Waals surface area contributed by atoms with Crippen LogP contribution in [-0.4, -0.2) is 48.6 Å². The zero-order chi connectivity index (χ0) is 16.2. The molecule has 0 bridgehead atoms. The number of halogens is 2. The molecule has 1 fully saturated rings. The molecule has 1 aliphatic heterocycles. The molecule has 0 saturated carbocycles. The van der Waals surface area contributed by atoms with E-state index in [2.05, 4.69) is 0 Å². The number of hydrogen-bond acceptors (Lipinski definition) is 3. The van der Waals surface area contributed by atoms with Gasteiger partial charge in [-0.1, -0.05) is 18.2 Å². The maximum absolute atomic E-state index is 13.5. The maximum Gasteiger partial charge on any atom is 0.256 e. The van der Waals surface area contributed by atoms with Crippen LogP contribution in [0.15, 0.2) is 24.3 Å². The summed E-state index contributed by atoms with van der Waals surface area (Å²) in [5, 5.41) is 9.07. The Labute approximate surface area is 128 Å². The quantitative estimate of drug-likeness (QED) is 0.906. The monoisotopic (exact) mass is 313 g/mol. The number of hydrogen-bond donors (Lipinski definition) is 1. The number of likely N-dealkylation sites (tertiary alicyclic amines) is 1. The first-order chi connectivity index (χ1) is 10.5. The number of benzene rings is 1. The van der Waals surface area contributed by atoms with E-state index in [1.54, 1.807) is 7.11 Å². The summed E-state index contributed by atoms with van der Waals surface area (Å²) in [6, 6.07) is 7.42. The summed E-state index contributed by atoms with van der Waals surface area (Å²) >= 11 is 0. The lowest BCUT2D eigenvalue weighted by Gasteiger charge is -2.37. The van der Waals surface area contributed by atoms with E-state index >= 15 is 0 Å². The van der Waals surface area contributed by atoms with Gasteiger partial charge in [-0.25, -0.2) is 8.78 Å². The lowest BCUT2D eigenvalue weighted by atomic mass is 9.94. The van der Waals surface area contributed by atoms with Crippen molar-refractivity contribution in [2.24, 2.45) is 5.92 Å². The summed E-state index contributed by atoms with van der Waals surface area (Å²) in [7, 11) is 1.57. The van der Waals surface area contributed by atoms with E-state index in [1.807, 2.05) is 24.3 Å². The molecule has 2 rings (SSSR count). The van der Waals surface area contributed by atoms with Gasteiger partial charge >= 0.3 is 0 Å². The van der Waals surface area contributed by atoms with E-state index < -0.39 is 24.9 Å². The molecule has 0 aliphatic carbocycles. The van der Waals surface area contributed by atoms with Gasteiger partial charge in [-0.05, 0) is 18.1 Å². The molecule has 122 valence electrons. The summed E-state index contributed by atoms with van der Waals surface area (Å²) in [5.41, 5.74) is 0.916. The highest BCUT2D eigenvalue weighted by Crippen LogP contribution is 2.33. The number of aliphatic hydroxyl groups excluding tert-OH is 1. The molecule has 22 heavy (non-hydrogen) atoms. The fourth-order valence-corrected chi connectivity index (χ4v) is 2.71. The summed E-state index contributed by atoms with van der Waals surface area (Å²) < 4.78 is 32.3. The molecule has 1 aromatic carbocycles. The van der Waals surface area contributed by atoms with Crippen LogP contribution in [0.5, 0.6) is 5.75 Å². The van der Waals surface area contributed by atoms with Crippen molar-refractivity contribution in [1.82, 2.24) is 4.90 Å². The highest BCUT2D eigenvalue weighted by Gasteiger charge is 2.44. The van der Waals surface area contributed by atoms with Crippen molar-refractivity contribution in [3.05, 3.63) is 29.8 Å². The first kappa shape index (κ1) is 16.7. The standard InChI is InChI=1S/C16H21F2NO3/c1-22-14-5-3-2-4-12(14)6-7-15(21)19-9-8-16(17,18)13(10-19)11-20/h2-5,13,20H,6-11H2,1H3. The largest absolute Gasteiger partial charge is 0.496 e. The van der Waals surface area contributed by atoms with Crippen LogP contribution < -0.4 is 4.74 Å². The Hall–Kier alpha value is -1.69. The molecule has 6 heteroatoms. The van der Waals surface area contributed by atoms with Crippen LogP contribution in [0.1, 0.15) is 18.4 Å². The SMILES string of the molecule is COc1ccccc1CCC(=O)N1CCC(F)(F)C(CO)C1. The van der Waals surface area contributed by atoms with Crippen LogP contribution in [0.25, 0.3) is 0 Å². The van der Waals surface area contributed by atoms with E-state index in [0.29, 0.717) is 12.2 Å². The highest BCUT2D eigenvalue weighted by molar-refractivity contribution is 5.76. The predicted octanol–water partition coefficient (Wildman–Crippen LogP) is 2.10. The minimum atomic E-state index is -2.89. The van der Waals surface area contributed by atoms with Crippen LogP contribution in [0.2, 0.25) is 0 Å². The van der Waals surface area contributed by atoms with Gasteiger partial charge in [0.25, 0.3) is 5.92 Å². The molecular formula is C16H21F2NO3. The van der Waals surface area contributed by atoms with Gasteiger partial charge in [0.05, 0.1) is 19.6 Å². The number of ether oxygens (including phenoxy) is 1. The van der Waals surface area contributed by atoms with E-state index in [9.17, 15) is 13.6 Å². The van der Waals surface area contributed by atoms with Crippen LogP contribution in [-0.2, 0) is 11.2 Å². The number of carbonyl (C=O) groups excluding carboxylic acids is 1. The summed E-state index contributed by atoms with van der Waals surface area (Å²) in [6.07, 6.45) is 0.349. The molecule has 1 aliphatic rings. The molecule has 1 unspecified atom stereocenters. The Morgan fingerprint density at radius 3 is 2.86 bits per heavy atom. The van der Waals surface area contributed by atoms with Crippen molar-refractivity contribution in [2.45, 2.75) is 25.2 Å². The van der Waals surface area contributed by atoms with Crippen LogP contribution >= 0.6 is 0 Å². The Kier molecular flexibility index (Phi) is 5.34. The topological polar surface area (TPSA) is 49.8 Å². The summed E-state index contributed by atoms with van der Waals surface area (Å²) in [4.78, 5) is 13.6. The molecule has 0 spiro atoms. The number of amides is 1. The third kappa shape index (κ3) is 3.74. The van der Waals surface area contributed by atoms with Crippen molar-refractivity contribution >= 4 is 5.91 Å². The molecule has 0 radical (unpaired) electrons. The third-order valence-electron chi connectivity index (χ3n) is 4.13. The fourth-order valence-electron chi connectivity index (χ4n) is 2.71. The molecular weight excluding hydrogens is 292 g/mol. The average molecular weight is 313 g/mol. The summed E-state index contributed by atoms with van der Waals surface area (Å²) in [6.45, 7) is -0.661. The van der Waals surface area contributed by atoms with Crippen molar-refractivity contribution in [3.63, 3.8) is 0 Å². The second-order valence-corrected chi connectivity index (χ2v) is 5.54. The van der Waals surface area contributed by atoms with Gasteiger partial charge in [-0.2, -0.15) is 0 Å². The molecule has 1 saturated heterocycles. The molecule has 1 N–H and O–H groups in total. The smallest absolute Gasteiger partial charge is 0.256 e. The van der Waals surface area contributed by atoms with Crippen molar-refractivity contribution < 1.29 is 23.4 Å². The van der Waals surface area contributed by atoms with E-state index in [4.69, 9.17) is 9.84 Å². The second-order valence-electron chi connectivity index (χ2n) is 5.54. The predicted molar refractivity (Wildman–Crippen MR) is 78.0 cm³/mol. The lowest BCUT2D eigenvalue weighted by Crippen LogP contribution is -2.50. The van der Waals surface area contributed by atoms with Crippen LogP contribution in [0, 0.1) is 5.92 Å². The Balaban J connectivity index is 1.93. The number of rotatable bonds is 5. The number of aliphatic hydroxyl groups is 1. The number of piperidine rings is 1. The zero-order valence-corrected chi connectivity index (χ0v) is 12.6. The minimum Gasteiger partial charge on any atom is -0.496 e. The molecule has 1 atom stereocenters. The fraction of sp³-hybridized carbons (Fsp3) is 0.562. The maximum atomic E-state index is 13.5. The first-order valence-electron chi connectivity index (χ1n) is 7.36. The number of alkyl halides is 2. The lowest BCUT2D eigenvalue weighted by molar-refractivity contribution is -0.149. The van der Waals surface area contributed by atoms with Crippen molar-refractivity contribution in [1.29, 1.82) is 0 Å². The van der Waals surface area contributed by atoms with E-state index in [-0.39, 0.29) is 25.4 Å². The molecule has 0 aromatic heterocycles. The van der Waals surface area contributed by atoms with E-state index in [0.717, 1.165) is 5.56 Å². The summed E-state index contributed by atoms with van der Waals surface area (Å²) in [5.74, 6) is -3.52. The number of aryl methyl sites for hydroxylation is 1. The zero-order valence-electron chi connectivity index (χ0n) is 12.6. The number of carbonyl (C=O) groups is 1. The van der Waals surface area contributed by atoms with Gasteiger partial charge in [0.15, 0.2) is 0 Å².